The van der Waals surface area contributed by atoms with Gasteiger partial charge in [0.25, 0.3) is 0 Å². The average molecular weight is 316 g/mol. The molecule has 0 amide bonds. The summed E-state index contributed by atoms with van der Waals surface area (Å²) in [6.45, 7) is 5.03. The van der Waals surface area contributed by atoms with Gasteiger partial charge in [-0.1, -0.05) is 11.6 Å². The number of ether oxygens (including phenoxy) is 1. The highest BCUT2D eigenvalue weighted by Gasteiger charge is 2.37. The van der Waals surface area contributed by atoms with Crippen LogP contribution in [0.15, 0.2) is 0 Å². The Kier molecular flexibility index (Phi) is 3.66. The molecule has 5 nitrogen and oxygen atoms in total. The van der Waals surface area contributed by atoms with Crippen molar-refractivity contribution in [2.75, 3.05) is 19.8 Å². The zero-order chi connectivity index (χ0) is 15.2. The molecule has 0 bridgehead atoms. The van der Waals surface area contributed by atoms with Crippen LogP contribution < -0.4 is 0 Å². The summed E-state index contributed by atoms with van der Waals surface area (Å²) < 4.78 is 8.30. The minimum absolute atomic E-state index is 0.465. The van der Waals surface area contributed by atoms with Gasteiger partial charge in [-0.2, -0.15) is 0 Å². The summed E-state index contributed by atoms with van der Waals surface area (Å²) in [4.78, 5) is 2.65. The first-order valence-electron chi connectivity index (χ1n) is 9.61. The van der Waals surface area contributed by atoms with Gasteiger partial charge < -0.3 is 4.74 Å². The van der Waals surface area contributed by atoms with E-state index in [9.17, 15) is 0 Å². The van der Waals surface area contributed by atoms with Crippen LogP contribution >= 0.6 is 0 Å². The Balaban J connectivity index is 1.33. The van der Waals surface area contributed by atoms with Gasteiger partial charge in [-0.15, -0.1) is 5.10 Å². The van der Waals surface area contributed by atoms with Crippen LogP contribution in [0.25, 0.3) is 0 Å². The molecule has 2 heterocycles. The maximum absolute atomic E-state index is 6.08. The highest BCUT2D eigenvalue weighted by atomic mass is 16.5. The normalized spacial score (nSPS) is 28.6. The summed E-state index contributed by atoms with van der Waals surface area (Å²) in [5.74, 6) is 2.15. The number of hydrogen-bond donors (Lipinski definition) is 0. The molecule has 4 aliphatic rings. The van der Waals surface area contributed by atoms with Gasteiger partial charge in [-0.3, -0.25) is 4.90 Å². The average Bonchev–Trinajstić information content (AvgIpc) is 3.38. The number of nitrogens with zero attached hydrogens (tertiary/aromatic N) is 4. The van der Waals surface area contributed by atoms with Crippen molar-refractivity contribution < 1.29 is 4.74 Å². The summed E-state index contributed by atoms with van der Waals surface area (Å²) in [5, 5.41) is 9.06. The molecule has 1 atom stereocenters. The first kappa shape index (κ1) is 14.4. The summed E-state index contributed by atoms with van der Waals surface area (Å²) in [6, 6.07) is 0.780. The molecule has 3 fully saturated rings. The van der Waals surface area contributed by atoms with Crippen LogP contribution in [-0.4, -0.2) is 45.7 Å². The third-order valence-corrected chi connectivity index (χ3v) is 6.13. The van der Waals surface area contributed by atoms with Gasteiger partial charge in [0.05, 0.1) is 12.3 Å². The number of aromatic nitrogens is 3. The summed E-state index contributed by atoms with van der Waals surface area (Å²) in [5.41, 5.74) is 2.62. The van der Waals surface area contributed by atoms with E-state index in [1.54, 1.807) is 0 Å². The van der Waals surface area contributed by atoms with E-state index < -0.39 is 0 Å². The summed E-state index contributed by atoms with van der Waals surface area (Å²) in [6.07, 6.45) is 9.58. The van der Waals surface area contributed by atoms with Gasteiger partial charge in [0.1, 0.15) is 5.69 Å². The number of fused-ring (bicyclic) bond motifs is 1. The van der Waals surface area contributed by atoms with Crippen molar-refractivity contribution in [1.82, 2.24) is 19.9 Å². The predicted octanol–water partition coefficient (Wildman–Crippen LogP) is 2.57. The lowest BCUT2D eigenvalue weighted by Crippen LogP contribution is -2.45. The highest BCUT2D eigenvalue weighted by Crippen LogP contribution is 2.37. The molecule has 3 aliphatic carbocycles. The third kappa shape index (κ3) is 3.05. The van der Waals surface area contributed by atoms with Crippen molar-refractivity contribution in [3.05, 3.63) is 11.4 Å². The van der Waals surface area contributed by atoms with Gasteiger partial charge in [-0.05, 0) is 50.4 Å². The fourth-order valence-corrected chi connectivity index (χ4v) is 4.04. The molecule has 5 rings (SSSR count). The Morgan fingerprint density at radius 3 is 2.52 bits per heavy atom. The topological polar surface area (TPSA) is 43.2 Å². The standard InChI is InChI=1S/C18H28N4O/c1-2-16(3-1)21-9-15(12-23-11-14-6-7-14)18-17(10-21)19-20-22(18)8-13-4-5-13/h13-16H,1-12H2/t15-/m1/s1. The van der Waals surface area contributed by atoms with Crippen molar-refractivity contribution in [2.45, 2.75) is 70.0 Å². The van der Waals surface area contributed by atoms with E-state index >= 15 is 0 Å². The van der Waals surface area contributed by atoms with E-state index in [-0.39, 0.29) is 0 Å². The quantitative estimate of drug-likeness (QED) is 0.775. The van der Waals surface area contributed by atoms with Crippen LogP contribution in [0.4, 0.5) is 0 Å². The second-order valence-electron chi connectivity index (χ2n) is 8.24. The molecular weight excluding hydrogens is 288 g/mol. The molecule has 1 aliphatic heterocycles. The fraction of sp³-hybridized carbons (Fsp3) is 0.889. The molecule has 0 radical (unpaired) electrons. The molecular formula is C18H28N4O. The maximum Gasteiger partial charge on any atom is 0.100 e. The second kappa shape index (κ2) is 5.85. The van der Waals surface area contributed by atoms with Gasteiger partial charge in [0.2, 0.25) is 0 Å². The minimum atomic E-state index is 0.465. The van der Waals surface area contributed by atoms with E-state index in [4.69, 9.17) is 4.74 Å². The van der Waals surface area contributed by atoms with E-state index in [2.05, 4.69) is 19.9 Å². The lowest BCUT2D eigenvalue weighted by Gasteiger charge is -2.41. The Hall–Kier alpha value is -0.940. The molecule has 1 aromatic heterocycles. The van der Waals surface area contributed by atoms with E-state index in [1.165, 1.54) is 56.3 Å². The fourth-order valence-electron chi connectivity index (χ4n) is 4.04. The minimum Gasteiger partial charge on any atom is -0.380 e. The van der Waals surface area contributed by atoms with Crippen molar-refractivity contribution in [3.63, 3.8) is 0 Å². The van der Waals surface area contributed by atoms with Crippen molar-refractivity contribution in [1.29, 1.82) is 0 Å². The van der Waals surface area contributed by atoms with Crippen LogP contribution in [0.2, 0.25) is 0 Å². The lowest BCUT2D eigenvalue weighted by molar-refractivity contribution is 0.0569. The second-order valence-corrected chi connectivity index (χ2v) is 8.24. The lowest BCUT2D eigenvalue weighted by atomic mass is 9.88. The Labute approximate surface area is 138 Å². The smallest absolute Gasteiger partial charge is 0.100 e. The highest BCUT2D eigenvalue weighted by molar-refractivity contribution is 5.20. The van der Waals surface area contributed by atoms with Crippen molar-refractivity contribution in [2.24, 2.45) is 11.8 Å². The zero-order valence-corrected chi connectivity index (χ0v) is 14.0. The van der Waals surface area contributed by atoms with Crippen LogP contribution in [0.3, 0.4) is 0 Å². The molecule has 5 heteroatoms. The Bertz CT molecular complexity index is 559. The monoisotopic (exact) mass is 316 g/mol. The van der Waals surface area contributed by atoms with Gasteiger partial charge in [0.15, 0.2) is 0 Å². The molecule has 23 heavy (non-hydrogen) atoms. The van der Waals surface area contributed by atoms with Crippen LogP contribution in [0, 0.1) is 11.8 Å². The van der Waals surface area contributed by atoms with E-state index in [0.717, 1.165) is 50.7 Å². The van der Waals surface area contributed by atoms with Gasteiger partial charge in [0, 0.05) is 38.2 Å². The Morgan fingerprint density at radius 1 is 1.00 bits per heavy atom. The van der Waals surface area contributed by atoms with Gasteiger partial charge in [-0.25, -0.2) is 4.68 Å². The predicted molar refractivity (Wildman–Crippen MR) is 87.1 cm³/mol. The molecule has 0 saturated heterocycles. The molecule has 0 N–H and O–H groups in total. The first-order valence-corrected chi connectivity index (χ1v) is 9.61. The zero-order valence-electron chi connectivity index (χ0n) is 14.0. The molecule has 0 aromatic carbocycles. The molecule has 0 unspecified atom stereocenters. The van der Waals surface area contributed by atoms with Crippen LogP contribution in [-0.2, 0) is 17.8 Å². The van der Waals surface area contributed by atoms with Crippen molar-refractivity contribution in [3.8, 4) is 0 Å². The number of hydrogen-bond acceptors (Lipinski definition) is 4. The summed E-state index contributed by atoms with van der Waals surface area (Å²) >= 11 is 0. The van der Waals surface area contributed by atoms with Gasteiger partial charge >= 0.3 is 0 Å². The molecule has 1 aromatic rings. The van der Waals surface area contributed by atoms with E-state index in [1.807, 2.05) is 0 Å². The maximum atomic E-state index is 6.08. The van der Waals surface area contributed by atoms with Crippen LogP contribution in [0.5, 0.6) is 0 Å². The van der Waals surface area contributed by atoms with E-state index in [0.29, 0.717) is 5.92 Å². The largest absolute Gasteiger partial charge is 0.380 e. The molecule has 126 valence electrons. The number of rotatable bonds is 7. The first-order chi connectivity index (χ1) is 11.4. The van der Waals surface area contributed by atoms with Crippen molar-refractivity contribution >= 4 is 0 Å². The third-order valence-electron chi connectivity index (χ3n) is 6.13. The van der Waals surface area contributed by atoms with Crippen LogP contribution in [0.1, 0.15) is 62.3 Å². The summed E-state index contributed by atoms with van der Waals surface area (Å²) in [7, 11) is 0. The molecule has 0 spiro atoms. The molecule has 3 saturated carbocycles. The SMILES string of the molecule is C1CC(N2Cc3nnn(CC4CC4)c3[C@@H](COCC3CC3)C2)C1. The Morgan fingerprint density at radius 2 is 1.83 bits per heavy atom.